The lowest BCUT2D eigenvalue weighted by atomic mass is 9.99. The van der Waals surface area contributed by atoms with Crippen LogP contribution in [0.25, 0.3) is 0 Å². The fraction of sp³-hybridized carbons (Fsp3) is 0.870. The van der Waals surface area contributed by atoms with Gasteiger partial charge in [-0.15, -0.1) is 0 Å². The number of ether oxygens (including phenoxy) is 2. The molecule has 9 heteroatoms. The molecular formula is C23H43NO8. The number of carbonyl (C=O) groups excluding carboxylic acids is 1. The van der Waals surface area contributed by atoms with E-state index in [2.05, 4.69) is 12.2 Å². The van der Waals surface area contributed by atoms with Crippen molar-refractivity contribution in [3.05, 3.63) is 12.2 Å². The molecule has 0 saturated carbocycles. The zero-order chi connectivity index (χ0) is 23.9. The average Bonchev–Trinajstić information content (AvgIpc) is 2.79. The minimum Gasteiger partial charge on any atom is -0.394 e. The lowest BCUT2D eigenvalue weighted by Crippen LogP contribution is -2.60. The molecule has 0 radical (unpaired) electrons. The minimum absolute atomic E-state index is 0.197. The number of aliphatic hydroxyl groups excluding tert-OH is 5. The summed E-state index contributed by atoms with van der Waals surface area (Å²) in [5.41, 5.74) is 0. The van der Waals surface area contributed by atoms with E-state index in [0.29, 0.717) is 0 Å². The van der Waals surface area contributed by atoms with E-state index < -0.39 is 49.5 Å². The number of aliphatic hydroxyl groups is 5. The molecule has 7 unspecified atom stereocenters. The molecule has 32 heavy (non-hydrogen) atoms. The first-order chi connectivity index (χ1) is 15.3. The summed E-state index contributed by atoms with van der Waals surface area (Å²) in [6.45, 7) is 3.12. The van der Waals surface area contributed by atoms with Crippen LogP contribution in [0.2, 0.25) is 0 Å². The van der Waals surface area contributed by atoms with Gasteiger partial charge in [0.25, 0.3) is 0 Å². The summed E-state index contributed by atoms with van der Waals surface area (Å²) in [4.78, 5) is 11.9. The van der Waals surface area contributed by atoms with Crippen LogP contribution < -0.4 is 5.32 Å². The van der Waals surface area contributed by atoms with Crippen LogP contribution in [-0.2, 0) is 14.3 Å². The van der Waals surface area contributed by atoms with Crippen molar-refractivity contribution in [2.45, 2.75) is 114 Å². The SMILES string of the molecule is CCCCCCCCC/C=C/C(O)C(COC1OC(CO)C(O)C(O)C1O)NC(=O)CC. The zero-order valence-corrected chi connectivity index (χ0v) is 19.4. The summed E-state index contributed by atoms with van der Waals surface area (Å²) >= 11 is 0. The Morgan fingerprint density at radius 1 is 1.03 bits per heavy atom. The largest absolute Gasteiger partial charge is 0.394 e. The van der Waals surface area contributed by atoms with Crippen LogP contribution in [0.15, 0.2) is 12.2 Å². The van der Waals surface area contributed by atoms with Gasteiger partial charge in [0.1, 0.15) is 24.4 Å². The second-order valence-corrected chi connectivity index (χ2v) is 8.39. The van der Waals surface area contributed by atoms with Crippen LogP contribution in [0.1, 0.15) is 71.6 Å². The number of carbonyl (C=O) groups is 1. The summed E-state index contributed by atoms with van der Waals surface area (Å²) in [6, 6.07) is -0.792. The van der Waals surface area contributed by atoms with Crippen LogP contribution in [-0.4, -0.2) is 87.5 Å². The fourth-order valence-electron chi connectivity index (χ4n) is 3.53. The van der Waals surface area contributed by atoms with Gasteiger partial charge in [-0.25, -0.2) is 0 Å². The zero-order valence-electron chi connectivity index (χ0n) is 19.4. The molecule has 0 aliphatic carbocycles. The molecule has 1 heterocycles. The van der Waals surface area contributed by atoms with E-state index in [4.69, 9.17) is 9.47 Å². The van der Waals surface area contributed by atoms with Gasteiger partial charge in [0.2, 0.25) is 5.91 Å². The van der Waals surface area contributed by atoms with Crippen molar-refractivity contribution in [3.8, 4) is 0 Å². The molecule has 1 saturated heterocycles. The van der Waals surface area contributed by atoms with Gasteiger partial charge in [0.05, 0.1) is 25.4 Å². The summed E-state index contributed by atoms with van der Waals surface area (Å²) in [7, 11) is 0. The van der Waals surface area contributed by atoms with Gasteiger partial charge >= 0.3 is 0 Å². The number of allylic oxidation sites excluding steroid dienone is 1. The quantitative estimate of drug-likeness (QED) is 0.146. The maximum absolute atomic E-state index is 11.9. The third kappa shape index (κ3) is 10.2. The van der Waals surface area contributed by atoms with Crippen molar-refractivity contribution in [3.63, 3.8) is 0 Å². The second-order valence-electron chi connectivity index (χ2n) is 8.39. The normalized spacial score (nSPS) is 28.0. The van der Waals surface area contributed by atoms with Crippen molar-refractivity contribution in [1.29, 1.82) is 0 Å². The van der Waals surface area contributed by atoms with Crippen LogP contribution in [0.4, 0.5) is 0 Å². The maximum Gasteiger partial charge on any atom is 0.220 e. The Hall–Kier alpha value is -1.07. The molecule has 188 valence electrons. The minimum atomic E-state index is -1.55. The molecule has 0 aromatic rings. The first-order valence-corrected chi connectivity index (χ1v) is 11.9. The lowest BCUT2D eigenvalue weighted by Gasteiger charge is -2.40. The second kappa shape index (κ2) is 16.5. The highest BCUT2D eigenvalue weighted by atomic mass is 16.7. The number of rotatable bonds is 16. The third-order valence-electron chi connectivity index (χ3n) is 5.68. The van der Waals surface area contributed by atoms with Crippen molar-refractivity contribution >= 4 is 5.91 Å². The topological polar surface area (TPSA) is 149 Å². The summed E-state index contributed by atoms with van der Waals surface area (Å²) < 4.78 is 10.8. The standard InChI is InChI=1S/C23H43NO8/c1-3-5-6-7-8-9-10-11-12-13-17(26)16(24-19(27)4-2)15-31-23-22(30)21(29)20(28)18(14-25)32-23/h12-13,16-18,20-23,25-26,28-30H,3-11,14-15H2,1-2H3,(H,24,27)/b13-12+. The van der Waals surface area contributed by atoms with E-state index in [-0.39, 0.29) is 18.9 Å². The van der Waals surface area contributed by atoms with Gasteiger partial charge in [-0.05, 0) is 12.8 Å². The molecule has 0 aromatic carbocycles. The van der Waals surface area contributed by atoms with Gasteiger partial charge in [-0.2, -0.15) is 0 Å². The molecule has 9 nitrogen and oxygen atoms in total. The first kappa shape index (κ1) is 29.0. The average molecular weight is 462 g/mol. The number of hydrogen-bond acceptors (Lipinski definition) is 8. The van der Waals surface area contributed by atoms with E-state index >= 15 is 0 Å². The van der Waals surface area contributed by atoms with Gasteiger partial charge in [0, 0.05) is 6.42 Å². The molecule has 6 N–H and O–H groups in total. The third-order valence-corrected chi connectivity index (χ3v) is 5.68. The van der Waals surface area contributed by atoms with Crippen molar-refractivity contribution in [1.82, 2.24) is 5.32 Å². The van der Waals surface area contributed by atoms with Crippen molar-refractivity contribution in [2.24, 2.45) is 0 Å². The molecule has 1 rings (SSSR count). The van der Waals surface area contributed by atoms with E-state index in [1.807, 2.05) is 6.08 Å². The monoisotopic (exact) mass is 461 g/mol. The number of amides is 1. The van der Waals surface area contributed by atoms with Crippen LogP contribution >= 0.6 is 0 Å². The Bertz CT molecular complexity index is 530. The Morgan fingerprint density at radius 3 is 2.31 bits per heavy atom. The molecule has 1 fully saturated rings. The van der Waals surface area contributed by atoms with Gasteiger partial charge < -0.3 is 40.3 Å². The molecule has 1 aliphatic rings. The summed E-state index contributed by atoms with van der Waals surface area (Å²) in [5.74, 6) is -0.271. The van der Waals surface area contributed by atoms with Crippen LogP contribution in [0.3, 0.4) is 0 Å². The van der Waals surface area contributed by atoms with E-state index in [9.17, 15) is 30.3 Å². The number of unbranched alkanes of at least 4 members (excludes halogenated alkanes) is 7. The van der Waals surface area contributed by atoms with Gasteiger partial charge in [0.15, 0.2) is 6.29 Å². The Morgan fingerprint density at radius 2 is 1.69 bits per heavy atom. The smallest absolute Gasteiger partial charge is 0.220 e. The summed E-state index contributed by atoms with van der Waals surface area (Å²) in [5, 5.41) is 52.3. The Labute approximate surface area is 191 Å². The molecule has 0 aromatic heterocycles. The Balaban J connectivity index is 2.53. The molecule has 7 atom stereocenters. The maximum atomic E-state index is 11.9. The van der Waals surface area contributed by atoms with Gasteiger partial charge in [-0.3, -0.25) is 4.79 Å². The molecule has 0 bridgehead atoms. The van der Waals surface area contributed by atoms with E-state index in [0.717, 1.165) is 19.3 Å². The highest BCUT2D eigenvalue weighted by Gasteiger charge is 2.44. The predicted octanol–water partition coefficient (Wildman–Crippen LogP) is 0.755. The van der Waals surface area contributed by atoms with Gasteiger partial charge in [-0.1, -0.05) is 64.5 Å². The molecule has 1 aliphatic heterocycles. The lowest BCUT2D eigenvalue weighted by molar-refractivity contribution is -0.302. The Kier molecular flexibility index (Phi) is 15.0. The number of hydrogen-bond donors (Lipinski definition) is 6. The van der Waals surface area contributed by atoms with Crippen molar-refractivity contribution < 1.29 is 39.8 Å². The molecular weight excluding hydrogens is 418 g/mol. The van der Waals surface area contributed by atoms with E-state index in [1.165, 1.54) is 32.1 Å². The van der Waals surface area contributed by atoms with Crippen molar-refractivity contribution in [2.75, 3.05) is 13.2 Å². The van der Waals surface area contributed by atoms with Crippen LogP contribution in [0.5, 0.6) is 0 Å². The molecule has 0 spiro atoms. The highest BCUT2D eigenvalue weighted by molar-refractivity contribution is 5.75. The van der Waals surface area contributed by atoms with E-state index in [1.54, 1.807) is 13.0 Å². The first-order valence-electron chi connectivity index (χ1n) is 11.9. The fourth-order valence-corrected chi connectivity index (χ4v) is 3.53. The molecule has 1 amide bonds. The predicted molar refractivity (Wildman–Crippen MR) is 120 cm³/mol. The number of nitrogens with one attached hydrogen (secondary N) is 1. The highest BCUT2D eigenvalue weighted by Crippen LogP contribution is 2.22. The summed E-state index contributed by atoms with van der Waals surface area (Å²) in [6.07, 6.45) is 4.97. The van der Waals surface area contributed by atoms with Crippen LogP contribution in [0, 0.1) is 0 Å².